The average Bonchev–Trinajstić information content (AvgIpc) is 3.22. The first-order valence-corrected chi connectivity index (χ1v) is 20.7. The number of hydrogen-bond acceptors (Lipinski definition) is 14. The molecule has 4 amide bonds. The Labute approximate surface area is 356 Å². The van der Waals surface area contributed by atoms with Crippen LogP contribution in [0.25, 0.3) is 0 Å². The van der Waals surface area contributed by atoms with Gasteiger partial charge >= 0.3 is 6.16 Å². The first-order valence-electron chi connectivity index (χ1n) is 20.7. The van der Waals surface area contributed by atoms with Crippen molar-refractivity contribution in [2.75, 3.05) is 77.9 Å². The quantitative estimate of drug-likeness (QED) is 0.0308. The molecule has 1 aliphatic carbocycles. The van der Waals surface area contributed by atoms with E-state index in [-0.39, 0.29) is 74.7 Å². The fourth-order valence-electron chi connectivity index (χ4n) is 5.87. The Morgan fingerprint density at radius 3 is 1.92 bits per heavy atom. The van der Waals surface area contributed by atoms with Gasteiger partial charge in [0.15, 0.2) is 0 Å². The summed E-state index contributed by atoms with van der Waals surface area (Å²) < 4.78 is 37.8. The van der Waals surface area contributed by atoms with Crippen LogP contribution in [0.4, 0.5) is 16.2 Å². The van der Waals surface area contributed by atoms with Crippen LogP contribution in [0, 0.1) is 16.0 Å². The molecule has 19 nitrogen and oxygen atoms in total. The highest BCUT2D eigenvalue weighted by Gasteiger charge is 2.24. The van der Waals surface area contributed by atoms with Crippen LogP contribution in [-0.2, 0) is 54.2 Å². The molecule has 0 aromatic heterocycles. The van der Waals surface area contributed by atoms with Crippen LogP contribution in [0.15, 0.2) is 48.5 Å². The maximum atomic E-state index is 12.8. The van der Waals surface area contributed by atoms with E-state index in [0.717, 1.165) is 25.7 Å². The number of nitrogens with zero attached hydrogens (tertiary/aromatic N) is 1. The van der Waals surface area contributed by atoms with Gasteiger partial charge in [-0.05, 0) is 48.6 Å². The number of nitro benzene ring substituents is 1. The number of rotatable bonds is 28. The average molecular weight is 860 g/mol. The Morgan fingerprint density at radius 2 is 1.31 bits per heavy atom. The van der Waals surface area contributed by atoms with E-state index >= 15 is 0 Å². The van der Waals surface area contributed by atoms with E-state index in [4.69, 9.17) is 33.2 Å². The van der Waals surface area contributed by atoms with E-state index in [0.29, 0.717) is 57.4 Å². The Morgan fingerprint density at radius 1 is 0.721 bits per heavy atom. The molecule has 1 aliphatic rings. The normalized spacial score (nSPS) is 13.6. The molecule has 338 valence electrons. The van der Waals surface area contributed by atoms with Gasteiger partial charge < -0.3 is 54.4 Å². The molecule has 4 N–H and O–H groups in total. The minimum atomic E-state index is -0.998. The fraction of sp³-hybridized carbons (Fsp3) is 0.595. The fourth-order valence-corrected chi connectivity index (χ4v) is 5.87. The van der Waals surface area contributed by atoms with Crippen LogP contribution in [-0.4, -0.2) is 119 Å². The lowest BCUT2D eigenvalue weighted by Gasteiger charge is -2.21. The summed E-state index contributed by atoms with van der Waals surface area (Å²) in [4.78, 5) is 72.0. The summed E-state index contributed by atoms with van der Waals surface area (Å²) in [6.07, 6.45) is 7.36. The van der Waals surface area contributed by atoms with Gasteiger partial charge in [-0.3, -0.25) is 29.3 Å². The van der Waals surface area contributed by atoms with E-state index in [1.54, 1.807) is 38.1 Å². The smallest absolute Gasteiger partial charge is 0.429 e. The first kappa shape index (κ1) is 50.1. The minimum Gasteiger partial charge on any atom is -0.429 e. The number of hydrogen-bond donors (Lipinski definition) is 4. The van der Waals surface area contributed by atoms with Crippen LogP contribution >= 0.6 is 0 Å². The van der Waals surface area contributed by atoms with Gasteiger partial charge in [-0.2, -0.15) is 0 Å². The number of carbonyl (C=O) groups excluding carboxylic acids is 5. The molecule has 1 unspecified atom stereocenters. The van der Waals surface area contributed by atoms with E-state index in [2.05, 4.69) is 21.3 Å². The largest absolute Gasteiger partial charge is 0.514 e. The van der Waals surface area contributed by atoms with Crippen molar-refractivity contribution >= 4 is 41.2 Å². The Bertz CT molecular complexity index is 1620. The van der Waals surface area contributed by atoms with E-state index in [1.807, 2.05) is 0 Å². The monoisotopic (exact) mass is 859 g/mol. The number of nitro groups is 1. The summed E-state index contributed by atoms with van der Waals surface area (Å²) >= 11 is 0. The molecule has 1 saturated carbocycles. The molecule has 0 bridgehead atoms. The summed E-state index contributed by atoms with van der Waals surface area (Å²) in [6, 6.07) is 10.5. The Hall–Kier alpha value is -5.21. The highest BCUT2D eigenvalue weighted by molar-refractivity contribution is 5.96. The van der Waals surface area contributed by atoms with Crippen LogP contribution in [0.2, 0.25) is 0 Å². The zero-order valence-corrected chi connectivity index (χ0v) is 35.2. The Kier molecular flexibility index (Phi) is 24.6. The van der Waals surface area contributed by atoms with Crippen LogP contribution in [0.3, 0.4) is 0 Å². The molecule has 1 fully saturated rings. The SMILES string of the molecule is CC(C)C(NC(=O)CCOCCOCCOCCOCCNC(=O)COC1CCCCCCC1)C(=O)NCC(=O)Nc1ccc(COC(=O)Oc2ccc([N+](=O)[O-])cc2)cc1. The van der Waals surface area contributed by atoms with Crippen LogP contribution < -0.4 is 26.0 Å². The maximum Gasteiger partial charge on any atom is 0.514 e. The highest BCUT2D eigenvalue weighted by Crippen LogP contribution is 2.20. The molecule has 0 heterocycles. The molecule has 2 aromatic carbocycles. The minimum absolute atomic E-state index is 0.0278. The summed E-state index contributed by atoms with van der Waals surface area (Å²) in [5.41, 5.74) is 0.882. The third-order valence-corrected chi connectivity index (χ3v) is 9.19. The molecular formula is C42H61N5O14. The third kappa shape index (κ3) is 22.8. The van der Waals surface area contributed by atoms with Crippen LogP contribution in [0.1, 0.15) is 70.8 Å². The molecule has 61 heavy (non-hydrogen) atoms. The molecule has 1 atom stereocenters. The van der Waals surface area contributed by atoms with Gasteiger partial charge in [0.25, 0.3) is 5.69 Å². The molecule has 19 heteroatoms. The van der Waals surface area contributed by atoms with Crippen molar-refractivity contribution < 1.29 is 62.1 Å². The van der Waals surface area contributed by atoms with Crippen molar-refractivity contribution in [3.63, 3.8) is 0 Å². The standard InChI is InChI=1S/C42H61N5O14/c1-31(2)40(41(51)44-28-38(49)45-33-12-10-32(11-13-33)29-60-42(52)61-36-16-14-34(15-17-36)47(53)54)46-37(48)18-20-55-22-24-57-26-27-58-25-23-56-21-19-43-39(50)30-59-35-8-6-4-3-5-7-9-35/h10-17,31,35,40H,3-9,18-30H2,1-2H3,(H,43,50)(H,44,51)(H,45,49)(H,46,48). The van der Waals surface area contributed by atoms with Gasteiger partial charge in [0.1, 0.15) is 25.0 Å². The predicted octanol–water partition coefficient (Wildman–Crippen LogP) is 4.21. The van der Waals surface area contributed by atoms with Gasteiger partial charge in [-0.15, -0.1) is 0 Å². The molecule has 2 aromatic rings. The second kappa shape index (κ2) is 29.9. The van der Waals surface area contributed by atoms with E-state index < -0.39 is 28.9 Å². The van der Waals surface area contributed by atoms with Crippen molar-refractivity contribution in [2.24, 2.45) is 5.92 Å². The van der Waals surface area contributed by atoms with E-state index in [9.17, 15) is 34.1 Å². The van der Waals surface area contributed by atoms with Crippen molar-refractivity contribution in [2.45, 2.75) is 84.0 Å². The maximum absolute atomic E-state index is 12.8. The number of carbonyl (C=O) groups is 5. The number of amides is 4. The molecule has 3 rings (SSSR count). The van der Waals surface area contributed by atoms with Crippen molar-refractivity contribution in [1.29, 1.82) is 0 Å². The number of nitrogens with one attached hydrogen (secondary N) is 4. The lowest BCUT2D eigenvalue weighted by atomic mass is 9.99. The van der Waals surface area contributed by atoms with Gasteiger partial charge in [0, 0.05) is 30.8 Å². The lowest BCUT2D eigenvalue weighted by Crippen LogP contribution is -2.51. The summed E-state index contributed by atoms with van der Waals surface area (Å²) in [6.45, 7) is 6.20. The topological polar surface area (TPSA) is 241 Å². The first-order chi connectivity index (χ1) is 29.5. The number of anilines is 1. The number of ether oxygens (including phenoxy) is 7. The Balaban J connectivity index is 1.15. The summed E-state index contributed by atoms with van der Waals surface area (Å²) in [7, 11) is 0. The zero-order chi connectivity index (χ0) is 44.1. The molecular weight excluding hydrogens is 798 g/mol. The lowest BCUT2D eigenvalue weighted by molar-refractivity contribution is -0.384. The molecule has 0 aliphatic heterocycles. The second-order valence-electron chi connectivity index (χ2n) is 14.5. The summed E-state index contributed by atoms with van der Waals surface area (Å²) in [5.74, 6) is -1.69. The third-order valence-electron chi connectivity index (χ3n) is 9.19. The van der Waals surface area contributed by atoms with Crippen molar-refractivity contribution in [3.05, 3.63) is 64.2 Å². The second-order valence-corrected chi connectivity index (χ2v) is 14.5. The summed E-state index contributed by atoms with van der Waals surface area (Å²) in [5, 5.41) is 21.5. The van der Waals surface area contributed by atoms with Crippen molar-refractivity contribution in [3.8, 4) is 5.75 Å². The number of benzene rings is 2. The molecule has 0 saturated heterocycles. The van der Waals surface area contributed by atoms with Crippen LogP contribution in [0.5, 0.6) is 5.75 Å². The zero-order valence-electron chi connectivity index (χ0n) is 35.2. The predicted molar refractivity (Wildman–Crippen MR) is 222 cm³/mol. The van der Waals surface area contributed by atoms with Gasteiger partial charge in [0.2, 0.25) is 23.6 Å². The van der Waals surface area contributed by atoms with Gasteiger partial charge in [-0.25, -0.2) is 4.79 Å². The van der Waals surface area contributed by atoms with Crippen molar-refractivity contribution in [1.82, 2.24) is 16.0 Å². The highest BCUT2D eigenvalue weighted by atomic mass is 16.7. The number of non-ortho nitro benzene ring substituents is 1. The molecule has 0 spiro atoms. The van der Waals surface area contributed by atoms with E-state index in [1.165, 1.54) is 43.5 Å². The van der Waals surface area contributed by atoms with Gasteiger partial charge in [-0.1, -0.05) is 58.1 Å². The molecule has 0 radical (unpaired) electrons. The van der Waals surface area contributed by atoms with Gasteiger partial charge in [0.05, 0.1) is 70.4 Å².